The van der Waals surface area contributed by atoms with Crippen LogP contribution >= 0.6 is 0 Å². The Morgan fingerprint density at radius 1 is 0.967 bits per heavy atom. The van der Waals surface area contributed by atoms with Crippen LogP contribution in [0.1, 0.15) is 15.9 Å². The molecule has 4 aromatic rings. The summed E-state index contributed by atoms with van der Waals surface area (Å²) in [5, 5.41) is 18.4. The van der Waals surface area contributed by atoms with E-state index < -0.39 is 4.92 Å². The van der Waals surface area contributed by atoms with Gasteiger partial charge in [-0.15, -0.1) is 0 Å². The van der Waals surface area contributed by atoms with Gasteiger partial charge in [0.15, 0.2) is 0 Å². The predicted octanol–water partition coefficient (Wildman–Crippen LogP) is 5.01. The smallest absolute Gasteiger partial charge is 0.269 e. The first kappa shape index (κ1) is 19.1. The number of benzene rings is 3. The first-order chi connectivity index (χ1) is 14.5. The molecule has 1 aromatic heterocycles. The molecule has 0 aliphatic heterocycles. The SMILES string of the molecule is Cc1ccc(NC(=O)c2cn(-c3ccccc3)nc2-c2ccc([N+](=O)[O-])cc2)cc1. The maximum absolute atomic E-state index is 13.0. The number of nitrogens with zero attached hydrogens (tertiary/aromatic N) is 3. The molecular formula is C23H18N4O3. The maximum atomic E-state index is 13.0. The molecule has 0 radical (unpaired) electrons. The molecule has 0 spiro atoms. The number of aryl methyl sites for hydroxylation is 1. The van der Waals surface area contributed by atoms with Crippen LogP contribution < -0.4 is 5.32 Å². The fourth-order valence-electron chi connectivity index (χ4n) is 3.04. The van der Waals surface area contributed by atoms with Crippen molar-refractivity contribution < 1.29 is 9.72 Å². The van der Waals surface area contributed by atoms with E-state index in [4.69, 9.17) is 0 Å². The van der Waals surface area contributed by atoms with Gasteiger partial charge in [-0.2, -0.15) is 5.10 Å². The molecule has 0 aliphatic rings. The lowest BCUT2D eigenvalue weighted by molar-refractivity contribution is -0.384. The third-order valence-electron chi connectivity index (χ3n) is 4.64. The normalized spacial score (nSPS) is 10.6. The fourth-order valence-corrected chi connectivity index (χ4v) is 3.04. The van der Waals surface area contributed by atoms with Crippen molar-refractivity contribution in [3.05, 3.63) is 106 Å². The molecule has 0 saturated heterocycles. The summed E-state index contributed by atoms with van der Waals surface area (Å²) >= 11 is 0. The van der Waals surface area contributed by atoms with Crippen LogP contribution in [-0.2, 0) is 0 Å². The van der Waals surface area contributed by atoms with Crippen LogP contribution in [0.5, 0.6) is 0 Å². The zero-order valence-electron chi connectivity index (χ0n) is 16.1. The Morgan fingerprint density at radius 2 is 1.63 bits per heavy atom. The lowest BCUT2D eigenvalue weighted by Crippen LogP contribution is -2.12. The number of para-hydroxylation sites is 1. The Kier molecular flexibility index (Phi) is 5.09. The Balaban J connectivity index is 1.75. The zero-order valence-corrected chi connectivity index (χ0v) is 16.1. The van der Waals surface area contributed by atoms with Gasteiger partial charge in [0.25, 0.3) is 11.6 Å². The number of rotatable bonds is 5. The summed E-state index contributed by atoms with van der Waals surface area (Å²) in [5.74, 6) is -0.311. The molecule has 0 bridgehead atoms. The summed E-state index contributed by atoms with van der Waals surface area (Å²) in [6.07, 6.45) is 1.66. The second-order valence-corrected chi connectivity index (χ2v) is 6.80. The summed E-state index contributed by atoms with van der Waals surface area (Å²) in [7, 11) is 0. The van der Waals surface area contributed by atoms with Crippen molar-refractivity contribution in [3.8, 4) is 16.9 Å². The molecule has 148 valence electrons. The number of non-ortho nitro benzene ring substituents is 1. The molecule has 7 nitrogen and oxygen atoms in total. The van der Waals surface area contributed by atoms with Gasteiger partial charge in [-0.25, -0.2) is 4.68 Å². The van der Waals surface area contributed by atoms with E-state index in [2.05, 4.69) is 10.4 Å². The number of nitro groups is 1. The van der Waals surface area contributed by atoms with E-state index in [-0.39, 0.29) is 11.6 Å². The van der Waals surface area contributed by atoms with Crippen LogP contribution in [0.15, 0.2) is 85.1 Å². The first-order valence-electron chi connectivity index (χ1n) is 9.29. The van der Waals surface area contributed by atoms with E-state index in [1.54, 1.807) is 23.0 Å². The highest BCUT2D eigenvalue weighted by Crippen LogP contribution is 2.26. The van der Waals surface area contributed by atoms with Crippen molar-refractivity contribution in [2.75, 3.05) is 5.32 Å². The summed E-state index contributed by atoms with van der Waals surface area (Å²) in [5.41, 5.74) is 3.97. The number of hydrogen-bond donors (Lipinski definition) is 1. The average molecular weight is 398 g/mol. The van der Waals surface area contributed by atoms with Gasteiger partial charge in [0.05, 0.1) is 16.2 Å². The third kappa shape index (κ3) is 3.95. The van der Waals surface area contributed by atoms with Crippen LogP contribution in [0.4, 0.5) is 11.4 Å². The highest BCUT2D eigenvalue weighted by molar-refractivity contribution is 6.08. The van der Waals surface area contributed by atoms with Crippen molar-refractivity contribution >= 4 is 17.3 Å². The molecule has 0 fully saturated rings. The average Bonchev–Trinajstić information content (AvgIpc) is 3.22. The molecule has 0 unspecified atom stereocenters. The molecule has 30 heavy (non-hydrogen) atoms. The minimum Gasteiger partial charge on any atom is -0.322 e. The van der Waals surface area contributed by atoms with Gasteiger partial charge in [0, 0.05) is 29.6 Å². The Hall–Kier alpha value is -4.26. The van der Waals surface area contributed by atoms with Crippen LogP contribution in [0.25, 0.3) is 16.9 Å². The number of amides is 1. The number of carbonyl (C=O) groups excluding carboxylic acids is 1. The largest absolute Gasteiger partial charge is 0.322 e. The molecule has 0 saturated carbocycles. The van der Waals surface area contributed by atoms with E-state index in [0.717, 1.165) is 11.3 Å². The lowest BCUT2D eigenvalue weighted by atomic mass is 10.1. The van der Waals surface area contributed by atoms with Crippen molar-refractivity contribution in [1.29, 1.82) is 0 Å². The van der Waals surface area contributed by atoms with Crippen LogP contribution in [0, 0.1) is 17.0 Å². The Bertz CT molecular complexity index is 1200. The fraction of sp³-hybridized carbons (Fsp3) is 0.0435. The Morgan fingerprint density at radius 3 is 2.27 bits per heavy atom. The third-order valence-corrected chi connectivity index (χ3v) is 4.64. The second kappa shape index (κ2) is 8.00. The monoisotopic (exact) mass is 398 g/mol. The van der Waals surface area contributed by atoms with E-state index in [9.17, 15) is 14.9 Å². The maximum Gasteiger partial charge on any atom is 0.269 e. The topological polar surface area (TPSA) is 90.1 Å². The Labute approximate surface area is 172 Å². The van der Waals surface area contributed by atoms with Crippen molar-refractivity contribution in [3.63, 3.8) is 0 Å². The van der Waals surface area contributed by atoms with Gasteiger partial charge in [-0.1, -0.05) is 35.9 Å². The number of anilines is 1. The van der Waals surface area contributed by atoms with Gasteiger partial charge < -0.3 is 5.32 Å². The number of aromatic nitrogens is 2. The van der Waals surface area contributed by atoms with Crippen LogP contribution in [0.3, 0.4) is 0 Å². The van der Waals surface area contributed by atoms with Gasteiger partial charge in [-0.05, 0) is 43.3 Å². The molecule has 3 aromatic carbocycles. The molecule has 4 rings (SSSR count). The van der Waals surface area contributed by atoms with Gasteiger partial charge in [-0.3, -0.25) is 14.9 Å². The van der Waals surface area contributed by atoms with E-state index >= 15 is 0 Å². The van der Waals surface area contributed by atoms with Crippen LogP contribution in [0.2, 0.25) is 0 Å². The highest BCUT2D eigenvalue weighted by Gasteiger charge is 2.19. The zero-order chi connectivity index (χ0) is 21.1. The quantitative estimate of drug-likeness (QED) is 0.378. The summed E-state index contributed by atoms with van der Waals surface area (Å²) in [6.45, 7) is 1.97. The van der Waals surface area contributed by atoms with Crippen molar-refractivity contribution in [2.45, 2.75) is 6.92 Å². The second-order valence-electron chi connectivity index (χ2n) is 6.80. The predicted molar refractivity (Wildman–Crippen MR) is 115 cm³/mol. The minimum atomic E-state index is -0.461. The first-order valence-corrected chi connectivity index (χ1v) is 9.29. The highest BCUT2D eigenvalue weighted by atomic mass is 16.6. The number of nitrogens with one attached hydrogen (secondary N) is 1. The molecule has 1 N–H and O–H groups in total. The number of carbonyl (C=O) groups is 1. The van der Waals surface area contributed by atoms with Crippen LogP contribution in [-0.4, -0.2) is 20.6 Å². The van der Waals surface area contributed by atoms with E-state index in [1.165, 1.54) is 12.1 Å². The van der Waals surface area contributed by atoms with Gasteiger partial charge in [0.1, 0.15) is 5.69 Å². The molecular weight excluding hydrogens is 380 g/mol. The summed E-state index contributed by atoms with van der Waals surface area (Å²) in [6, 6.07) is 22.9. The lowest BCUT2D eigenvalue weighted by Gasteiger charge is -2.06. The van der Waals surface area contributed by atoms with Crippen molar-refractivity contribution in [2.24, 2.45) is 0 Å². The van der Waals surface area contributed by atoms with Gasteiger partial charge >= 0.3 is 0 Å². The van der Waals surface area contributed by atoms with E-state index in [0.29, 0.717) is 22.5 Å². The molecule has 7 heteroatoms. The molecule has 1 amide bonds. The standard InChI is InChI=1S/C23H18N4O3/c1-16-7-11-18(12-8-16)24-23(28)21-15-26(19-5-3-2-4-6-19)25-22(21)17-9-13-20(14-10-17)27(29)30/h2-15H,1H3,(H,24,28). The van der Waals surface area contributed by atoms with Gasteiger partial charge in [0.2, 0.25) is 0 Å². The number of hydrogen-bond acceptors (Lipinski definition) is 4. The summed E-state index contributed by atoms with van der Waals surface area (Å²) < 4.78 is 1.63. The molecule has 0 atom stereocenters. The molecule has 0 aliphatic carbocycles. The summed E-state index contributed by atoms with van der Waals surface area (Å²) in [4.78, 5) is 23.5. The van der Waals surface area contributed by atoms with Crippen molar-refractivity contribution in [1.82, 2.24) is 9.78 Å². The van der Waals surface area contributed by atoms with E-state index in [1.807, 2.05) is 61.5 Å². The number of nitro benzene ring substituents is 1. The minimum absolute atomic E-state index is 0.0214. The molecule has 1 heterocycles.